The van der Waals surface area contributed by atoms with Gasteiger partial charge in [0.05, 0.1) is 17.7 Å². The molecule has 4 aromatic carbocycles. The molecule has 242 valence electrons. The molecule has 0 radical (unpaired) electrons. The highest BCUT2D eigenvalue weighted by molar-refractivity contribution is 7.92. The summed E-state index contributed by atoms with van der Waals surface area (Å²) in [7, 11) is -2.60. The van der Waals surface area contributed by atoms with E-state index in [1.54, 1.807) is 55.6 Å². The fourth-order valence-electron chi connectivity index (χ4n) is 5.11. The normalized spacial score (nSPS) is 12.5. The van der Waals surface area contributed by atoms with Gasteiger partial charge in [-0.1, -0.05) is 79.2 Å². The van der Waals surface area contributed by atoms with Crippen molar-refractivity contribution >= 4 is 27.5 Å². The fraction of sp³-hybridized carbons (Fsp3) is 0.297. The zero-order valence-corrected chi connectivity index (χ0v) is 28.0. The Bertz CT molecular complexity index is 1730. The van der Waals surface area contributed by atoms with Crippen LogP contribution in [0.1, 0.15) is 42.5 Å². The molecule has 4 rings (SSSR count). The molecule has 0 bridgehead atoms. The lowest BCUT2D eigenvalue weighted by Gasteiger charge is -2.34. The molecule has 4 aromatic rings. The van der Waals surface area contributed by atoms with Crippen LogP contribution in [-0.2, 0) is 32.6 Å². The number of hydrogen-bond donors (Lipinski definition) is 1. The fourth-order valence-corrected chi connectivity index (χ4v) is 6.52. The van der Waals surface area contributed by atoms with Gasteiger partial charge in [0, 0.05) is 19.0 Å². The number of anilines is 1. The Morgan fingerprint density at radius 1 is 0.826 bits per heavy atom. The van der Waals surface area contributed by atoms with E-state index in [1.807, 2.05) is 82.3 Å². The minimum atomic E-state index is -4.16. The smallest absolute Gasteiger partial charge is 0.264 e. The lowest BCUT2D eigenvalue weighted by atomic mass is 10.0. The predicted molar refractivity (Wildman–Crippen MR) is 182 cm³/mol. The minimum absolute atomic E-state index is 0.0632. The van der Waals surface area contributed by atoms with Crippen LogP contribution in [0.15, 0.2) is 108 Å². The number of carbonyl (C=O) groups is 2. The maximum absolute atomic E-state index is 14.6. The SMILES string of the molecule is CCC(C)NC(=O)C(Cc1ccccc1)N(Cc1cccc(OC)c1)C(=O)CN(c1cccc(C)c1)S(=O)(=O)c1ccc(C)cc1. The third-order valence-corrected chi connectivity index (χ3v) is 9.72. The van der Waals surface area contributed by atoms with Crippen molar-refractivity contribution in [3.8, 4) is 5.75 Å². The molecule has 0 saturated carbocycles. The molecule has 8 nitrogen and oxygen atoms in total. The molecule has 0 aliphatic carbocycles. The Kier molecular flexibility index (Phi) is 11.6. The van der Waals surface area contributed by atoms with E-state index in [-0.39, 0.29) is 29.8 Å². The molecule has 9 heteroatoms. The molecular formula is C37H43N3O5S. The molecular weight excluding hydrogens is 598 g/mol. The van der Waals surface area contributed by atoms with Gasteiger partial charge in [0.1, 0.15) is 18.3 Å². The topological polar surface area (TPSA) is 96.0 Å². The van der Waals surface area contributed by atoms with Gasteiger partial charge in [-0.25, -0.2) is 8.42 Å². The van der Waals surface area contributed by atoms with Crippen molar-refractivity contribution in [2.45, 2.75) is 64.1 Å². The second-order valence-corrected chi connectivity index (χ2v) is 13.4. The van der Waals surface area contributed by atoms with E-state index < -0.39 is 28.5 Å². The van der Waals surface area contributed by atoms with Gasteiger partial charge in [0.2, 0.25) is 11.8 Å². The summed E-state index contributed by atoms with van der Waals surface area (Å²) in [4.78, 5) is 30.1. The lowest BCUT2D eigenvalue weighted by molar-refractivity contribution is -0.140. The van der Waals surface area contributed by atoms with Crippen LogP contribution in [0.3, 0.4) is 0 Å². The Labute approximate surface area is 273 Å². The maximum atomic E-state index is 14.6. The standard InChI is InChI=1S/C37H43N3O5S/c1-6-29(4)38-37(42)35(24-30-13-8-7-9-14-30)39(25-31-15-11-17-33(23-31)45-5)36(41)26-40(32-16-10-12-28(3)22-32)46(43,44)34-20-18-27(2)19-21-34/h7-23,29,35H,6,24-26H2,1-5H3,(H,38,42). The monoisotopic (exact) mass is 641 g/mol. The molecule has 2 atom stereocenters. The second-order valence-electron chi connectivity index (χ2n) is 11.6. The zero-order valence-electron chi connectivity index (χ0n) is 27.1. The van der Waals surface area contributed by atoms with E-state index in [0.29, 0.717) is 17.9 Å². The lowest BCUT2D eigenvalue weighted by Crippen LogP contribution is -2.54. The average molecular weight is 642 g/mol. The summed E-state index contributed by atoms with van der Waals surface area (Å²) < 4.78 is 35.0. The molecule has 0 aliphatic rings. The quantitative estimate of drug-likeness (QED) is 0.181. The maximum Gasteiger partial charge on any atom is 0.264 e. The molecule has 1 N–H and O–H groups in total. The number of rotatable bonds is 14. The largest absolute Gasteiger partial charge is 0.497 e. The summed E-state index contributed by atoms with van der Waals surface area (Å²) in [6.07, 6.45) is 0.956. The summed E-state index contributed by atoms with van der Waals surface area (Å²) in [5, 5.41) is 3.06. The molecule has 0 saturated heterocycles. The van der Waals surface area contributed by atoms with Crippen molar-refractivity contribution in [2.24, 2.45) is 0 Å². The first-order valence-electron chi connectivity index (χ1n) is 15.4. The first-order chi connectivity index (χ1) is 22.0. The first kappa shape index (κ1) is 34.2. The number of hydrogen-bond acceptors (Lipinski definition) is 5. The van der Waals surface area contributed by atoms with E-state index in [1.165, 1.54) is 4.90 Å². The van der Waals surface area contributed by atoms with Gasteiger partial charge in [0.15, 0.2) is 0 Å². The number of methoxy groups -OCH3 is 1. The highest BCUT2D eigenvalue weighted by Crippen LogP contribution is 2.26. The molecule has 0 fully saturated rings. The number of sulfonamides is 1. The van der Waals surface area contributed by atoms with Gasteiger partial charge < -0.3 is 15.0 Å². The molecule has 0 aromatic heterocycles. The van der Waals surface area contributed by atoms with Crippen LogP contribution >= 0.6 is 0 Å². The number of nitrogens with one attached hydrogen (secondary N) is 1. The average Bonchev–Trinajstić information content (AvgIpc) is 3.05. The summed E-state index contributed by atoms with van der Waals surface area (Å²) >= 11 is 0. The van der Waals surface area contributed by atoms with Crippen LogP contribution in [0, 0.1) is 13.8 Å². The van der Waals surface area contributed by atoms with Gasteiger partial charge in [0.25, 0.3) is 10.0 Å². The van der Waals surface area contributed by atoms with E-state index in [0.717, 1.165) is 26.6 Å². The Morgan fingerprint density at radius 2 is 1.50 bits per heavy atom. The van der Waals surface area contributed by atoms with Crippen molar-refractivity contribution in [1.82, 2.24) is 10.2 Å². The van der Waals surface area contributed by atoms with E-state index >= 15 is 0 Å². The van der Waals surface area contributed by atoms with E-state index in [2.05, 4.69) is 5.32 Å². The molecule has 0 heterocycles. The first-order valence-corrected chi connectivity index (χ1v) is 16.9. The third kappa shape index (κ3) is 8.75. The Balaban J connectivity index is 1.82. The minimum Gasteiger partial charge on any atom is -0.497 e. The highest BCUT2D eigenvalue weighted by atomic mass is 32.2. The molecule has 2 unspecified atom stereocenters. The summed E-state index contributed by atoms with van der Waals surface area (Å²) in [6, 6.07) is 29.4. The van der Waals surface area contributed by atoms with Gasteiger partial charge in [-0.15, -0.1) is 0 Å². The highest BCUT2D eigenvalue weighted by Gasteiger charge is 2.35. The molecule has 2 amide bonds. The summed E-state index contributed by atoms with van der Waals surface area (Å²) in [5.41, 5.74) is 3.73. The van der Waals surface area contributed by atoms with Crippen LogP contribution in [-0.4, -0.2) is 50.9 Å². The van der Waals surface area contributed by atoms with Crippen molar-refractivity contribution in [3.05, 3.63) is 125 Å². The van der Waals surface area contributed by atoms with E-state index in [9.17, 15) is 18.0 Å². The number of ether oxygens (including phenoxy) is 1. The Hall–Kier alpha value is -4.63. The van der Waals surface area contributed by atoms with Crippen LogP contribution in [0.25, 0.3) is 0 Å². The van der Waals surface area contributed by atoms with E-state index in [4.69, 9.17) is 4.74 Å². The number of benzene rings is 4. The van der Waals surface area contributed by atoms with Gasteiger partial charge in [-0.3, -0.25) is 13.9 Å². The van der Waals surface area contributed by atoms with Crippen molar-refractivity contribution in [3.63, 3.8) is 0 Å². The predicted octanol–water partition coefficient (Wildman–Crippen LogP) is 6.06. The van der Waals surface area contributed by atoms with Gasteiger partial charge in [-0.05, 0) is 80.3 Å². The summed E-state index contributed by atoms with van der Waals surface area (Å²) in [5.74, 6) is -0.213. The zero-order chi connectivity index (χ0) is 33.3. The van der Waals surface area contributed by atoms with Crippen LogP contribution < -0.4 is 14.4 Å². The molecule has 0 aliphatic heterocycles. The van der Waals surface area contributed by atoms with Crippen LogP contribution in [0.5, 0.6) is 5.75 Å². The number of carbonyl (C=O) groups excluding carboxylic acids is 2. The molecule has 0 spiro atoms. The second kappa shape index (κ2) is 15.6. The van der Waals surface area contributed by atoms with Crippen molar-refractivity contribution in [1.29, 1.82) is 0 Å². The summed E-state index contributed by atoms with van der Waals surface area (Å²) in [6.45, 7) is 7.20. The number of amides is 2. The number of nitrogens with zero attached hydrogens (tertiary/aromatic N) is 2. The number of aryl methyl sites for hydroxylation is 2. The van der Waals surface area contributed by atoms with Crippen molar-refractivity contribution < 1.29 is 22.7 Å². The van der Waals surface area contributed by atoms with Crippen LogP contribution in [0.4, 0.5) is 5.69 Å². The van der Waals surface area contributed by atoms with Crippen LogP contribution in [0.2, 0.25) is 0 Å². The van der Waals surface area contributed by atoms with Gasteiger partial charge >= 0.3 is 0 Å². The Morgan fingerprint density at radius 3 is 2.15 bits per heavy atom. The van der Waals surface area contributed by atoms with Crippen molar-refractivity contribution in [2.75, 3.05) is 18.0 Å². The van der Waals surface area contributed by atoms with Gasteiger partial charge in [-0.2, -0.15) is 0 Å². The third-order valence-electron chi connectivity index (χ3n) is 7.94. The molecule has 46 heavy (non-hydrogen) atoms.